The third-order valence-corrected chi connectivity index (χ3v) is 6.73. The van der Waals surface area contributed by atoms with Gasteiger partial charge in [0.2, 0.25) is 0 Å². The van der Waals surface area contributed by atoms with E-state index in [1.807, 2.05) is 11.3 Å². The fourth-order valence-electron chi connectivity index (χ4n) is 4.43. The molecule has 2 aliphatic heterocycles. The van der Waals surface area contributed by atoms with E-state index >= 15 is 0 Å². The van der Waals surface area contributed by atoms with E-state index in [9.17, 15) is 0 Å². The van der Waals surface area contributed by atoms with Gasteiger partial charge in [-0.15, -0.1) is 21.5 Å². The lowest BCUT2D eigenvalue weighted by atomic mass is 9.88. The molecule has 28 heavy (non-hydrogen) atoms. The Morgan fingerprint density at radius 3 is 3.04 bits per heavy atom. The fourth-order valence-corrected chi connectivity index (χ4v) is 5.41. The normalized spacial score (nSPS) is 23.0. The van der Waals surface area contributed by atoms with Crippen LogP contribution in [0.3, 0.4) is 0 Å². The van der Waals surface area contributed by atoms with E-state index in [2.05, 4.69) is 61.8 Å². The first kappa shape index (κ1) is 19.4. The van der Waals surface area contributed by atoms with Crippen LogP contribution >= 0.6 is 11.3 Å². The second kappa shape index (κ2) is 9.05. The second-order valence-corrected chi connectivity index (χ2v) is 8.69. The highest BCUT2D eigenvalue weighted by Crippen LogP contribution is 2.36. The molecule has 4 rings (SSSR count). The first-order chi connectivity index (χ1) is 13.8. The summed E-state index contributed by atoms with van der Waals surface area (Å²) in [4.78, 5) is 8.76. The predicted octanol–water partition coefficient (Wildman–Crippen LogP) is 2.42. The number of guanidine groups is 1. The van der Waals surface area contributed by atoms with Crippen LogP contribution in [0.5, 0.6) is 0 Å². The maximum absolute atomic E-state index is 4.78. The van der Waals surface area contributed by atoms with E-state index in [0.717, 1.165) is 43.7 Å². The fraction of sp³-hybridized carbons (Fsp3) is 0.650. The van der Waals surface area contributed by atoms with Crippen molar-refractivity contribution in [3.63, 3.8) is 0 Å². The van der Waals surface area contributed by atoms with Gasteiger partial charge in [0, 0.05) is 37.0 Å². The number of fused-ring (bicyclic) bond motifs is 1. The first-order valence-corrected chi connectivity index (χ1v) is 11.3. The number of nitrogens with one attached hydrogen (secondary N) is 2. The summed E-state index contributed by atoms with van der Waals surface area (Å²) in [7, 11) is 2.25. The maximum atomic E-state index is 4.78. The van der Waals surface area contributed by atoms with Crippen molar-refractivity contribution in [1.29, 1.82) is 0 Å². The average molecular weight is 402 g/mol. The van der Waals surface area contributed by atoms with Gasteiger partial charge in [0.1, 0.15) is 12.4 Å². The monoisotopic (exact) mass is 401 g/mol. The lowest BCUT2D eigenvalue weighted by Crippen LogP contribution is -2.44. The Kier molecular flexibility index (Phi) is 6.26. The Hall–Kier alpha value is -1.93. The topological polar surface area (TPSA) is 70.4 Å². The summed E-state index contributed by atoms with van der Waals surface area (Å²) in [5.74, 6) is 3.53. The third-order valence-electron chi connectivity index (χ3n) is 5.78. The Morgan fingerprint density at radius 2 is 2.21 bits per heavy atom. The van der Waals surface area contributed by atoms with Gasteiger partial charge >= 0.3 is 0 Å². The van der Waals surface area contributed by atoms with Crippen molar-refractivity contribution in [3.8, 4) is 0 Å². The van der Waals surface area contributed by atoms with Gasteiger partial charge in [0.05, 0.1) is 0 Å². The Labute approximate surface area is 171 Å². The van der Waals surface area contributed by atoms with Crippen molar-refractivity contribution in [3.05, 3.63) is 34.0 Å². The summed E-state index contributed by atoms with van der Waals surface area (Å²) in [6, 6.07) is 4.93. The molecule has 0 aromatic carbocycles. The second-order valence-electron chi connectivity index (χ2n) is 7.71. The molecule has 0 amide bonds. The van der Waals surface area contributed by atoms with Gasteiger partial charge in [0.15, 0.2) is 11.8 Å². The van der Waals surface area contributed by atoms with E-state index in [4.69, 9.17) is 4.99 Å². The molecule has 8 heteroatoms. The summed E-state index contributed by atoms with van der Waals surface area (Å²) in [5, 5.41) is 17.8. The number of thiophene rings is 1. The highest BCUT2D eigenvalue weighted by Gasteiger charge is 2.31. The van der Waals surface area contributed by atoms with E-state index in [0.29, 0.717) is 18.5 Å². The molecular weight excluding hydrogens is 370 g/mol. The molecule has 0 spiro atoms. The van der Waals surface area contributed by atoms with Crippen molar-refractivity contribution in [2.24, 2.45) is 10.9 Å². The van der Waals surface area contributed by atoms with Crippen LogP contribution in [0.4, 0.5) is 0 Å². The van der Waals surface area contributed by atoms with Gasteiger partial charge in [-0.1, -0.05) is 6.07 Å². The standard InChI is InChI=1S/C20H31N7S/c1-3-21-20(23-14-18-25-24-17-9-5-11-27(17)18)22-13-15-7-4-10-26(2)19(15)16-8-6-12-28-16/h6,8,12,15,19H,3-5,7,9-11,13-14H2,1-2H3,(H2,21,22,23). The van der Waals surface area contributed by atoms with E-state index in [-0.39, 0.29) is 0 Å². The molecule has 2 unspecified atom stereocenters. The smallest absolute Gasteiger partial charge is 0.191 e. The van der Waals surface area contributed by atoms with Crippen molar-refractivity contribution in [2.75, 3.05) is 26.7 Å². The largest absolute Gasteiger partial charge is 0.357 e. The molecule has 2 aromatic heterocycles. The molecule has 4 heterocycles. The predicted molar refractivity (Wildman–Crippen MR) is 114 cm³/mol. The van der Waals surface area contributed by atoms with E-state index in [1.54, 1.807) is 0 Å². The number of aliphatic imine (C=N–C) groups is 1. The van der Waals surface area contributed by atoms with Gasteiger partial charge in [0.25, 0.3) is 0 Å². The first-order valence-electron chi connectivity index (χ1n) is 10.4. The molecule has 0 bridgehead atoms. The number of likely N-dealkylation sites (tertiary alicyclic amines) is 1. The molecule has 0 radical (unpaired) electrons. The van der Waals surface area contributed by atoms with Gasteiger partial charge in [-0.25, -0.2) is 4.99 Å². The van der Waals surface area contributed by atoms with Crippen LogP contribution in [0, 0.1) is 5.92 Å². The number of hydrogen-bond acceptors (Lipinski definition) is 5. The molecule has 152 valence electrons. The Bertz CT molecular complexity index is 783. The molecule has 2 N–H and O–H groups in total. The highest BCUT2D eigenvalue weighted by atomic mass is 32.1. The van der Waals surface area contributed by atoms with Crippen LogP contribution < -0.4 is 10.6 Å². The minimum Gasteiger partial charge on any atom is -0.357 e. The van der Waals surface area contributed by atoms with Gasteiger partial charge in [-0.2, -0.15) is 0 Å². The molecular formula is C20H31N7S. The van der Waals surface area contributed by atoms with Crippen LogP contribution in [0.1, 0.15) is 48.8 Å². The zero-order chi connectivity index (χ0) is 19.3. The number of aryl methyl sites for hydroxylation is 1. The van der Waals surface area contributed by atoms with Crippen molar-refractivity contribution < 1.29 is 0 Å². The van der Waals surface area contributed by atoms with Gasteiger partial charge < -0.3 is 15.2 Å². The van der Waals surface area contributed by atoms with Crippen molar-refractivity contribution in [2.45, 2.75) is 51.7 Å². The summed E-state index contributed by atoms with van der Waals surface area (Å²) >= 11 is 1.87. The molecule has 2 atom stereocenters. The highest BCUT2D eigenvalue weighted by molar-refractivity contribution is 7.10. The minimum absolute atomic E-state index is 0.490. The summed E-state index contributed by atoms with van der Waals surface area (Å²) in [6.07, 6.45) is 4.70. The number of hydrogen-bond donors (Lipinski definition) is 2. The van der Waals surface area contributed by atoms with Crippen LogP contribution in [-0.4, -0.2) is 52.3 Å². The summed E-state index contributed by atoms with van der Waals surface area (Å²) in [5.41, 5.74) is 0. The molecule has 2 aliphatic rings. The summed E-state index contributed by atoms with van der Waals surface area (Å²) in [6.45, 7) is 6.65. The van der Waals surface area contributed by atoms with Gasteiger partial charge in [-0.05, 0) is 57.1 Å². The van der Waals surface area contributed by atoms with E-state index in [1.165, 1.54) is 30.7 Å². The SMILES string of the molecule is CCNC(=NCc1nnc2n1CCC2)NCC1CCCN(C)C1c1cccs1. The lowest BCUT2D eigenvalue weighted by Gasteiger charge is -2.39. The molecule has 0 aliphatic carbocycles. The molecule has 2 aromatic rings. The van der Waals surface area contributed by atoms with E-state index < -0.39 is 0 Å². The molecule has 7 nitrogen and oxygen atoms in total. The summed E-state index contributed by atoms with van der Waals surface area (Å²) < 4.78 is 2.22. The number of rotatable bonds is 6. The van der Waals surface area contributed by atoms with Crippen molar-refractivity contribution in [1.82, 2.24) is 30.3 Å². The van der Waals surface area contributed by atoms with Crippen LogP contribution in [-0.2, 0) is 19.5 Å². The van der Waals surface area contributed by atoms with Crippen molar-refractivity contribution >= 4 is 17.3 Å². The zero-order valence-corrected chi connectivity index (χ0v) is 17.7. The number of aromatic nitrogens is 3. The average Bonchev–Trinajstić information content (AvgIpc) is 3.42. The Balaban J connectivity index is 1.41. The Morgan fingerprint density at radius 1 is 1.29 bits per heavy atom. The third kappa shape index (κ3) is 4.22. The maximum Gasteiger partial charge on any atom is 0.191 e. The number of nitrogens with zero attached hydrogens (tertiary/aromatic N) is 5. The molecule has 1 fully saturated rings. The van der Waals surface area contributed by atoms with Crippen LogP contribution in [0.2, 0.25) is 0 Å². The zero-order valence-electron chi connectivity index (χ0n) is 16.9. The lowest BCUT2D eigenvalue weighted by molar-refractivity contribution is 0.125. The van der Waals surface area contributed by atoms with Gasteiger partial charge in [-0.3, -0.25) is 4.90 Å². The minimum atomic E-state index is 0.490. The molecule has 0 saturated carbocycles. The van der Waals surface area contributed by atoms with Crippen LogP contribution in [0.25, 0.3) is 0 Å². The number of piperidine rings is 1. The molecule has 1 saturated heterocycles. The quantitative estimate of drug-likeness (QED) is 0.575. The van der Waals surface area contributed by atoms with Crippen LogP contribution in [0.15, 0.2) is 22.5 Å².